The van der Waals surface area contributed by atoms with Crippen molar-refractivity contribution >= 4 is 32.6 Å². The van der Waals surface area contributed by atoms with Crippen molar-refractivity contribution in [3.63, 3.8) is 0 Å². The number of fused-ring (bicyclic) bond motifs is 1. The summed E-state index contributed by atoms with van der Waals surface area (Å²) < 4.78 is 11.5. The zero-order valence-corrected chi connectivity index (χ0v) is 13.9. The number of nitrogens with one attached hydrogen (secondary N) is 1. The van der Waals surface area contributed by atoms with Crippen molar-refractivity contribution in [3.8, 4) is 11.5 Å². The summed E-state index contributed by atoms with van der Waals surface area (Å²) in [6.45, 7) is 2.01. The van der Waals surface area contributed by atoms with Gasteiger partial charge in [0.2, 0.25) is 0 Å². The summed E-state index contributed by atoms with van der Waals surface area (Å²) in [5, 5.41) is 3.38. The minimum absolute atomic E-state index is 0.223. The van der Waals surface area contributed by atoms with E-state index in [0.717, 1.165) is 15.8 Å². The minimum atomic E-state index is -0.223. The van der Waals surface area contributed by atoms with Crippen LogP contribution in [0.15, 0.2) is 36.4 Å². The first-order valence-electron chi connectivity index (χ1n) is 7.02. The molecule has 0 bridgehead atoms. The van der Waals surface area contributed by atoms with E-state index in [4.69, 9.17) is 9.47 Å². The van der Waals surface area contributed by atoms with E-state index in [1.165, 1.54) is 11.3 Å². The number of carbonyl (C=O) groups is 1. The molecule has 118 valence electrons. The van der Waals surface area contributed by atoms with Gasteiger partial charge >= 0.3 is 0 Å². The zero-order valence-electron chi connectivity index (χ0n) is 13.0. The molecule has 0 aliphatic rings. The summed E-state index contributed by atoms with van der Waals surface area (Å²) in [6.07, 6.45) is 0. The second kappa shape index (κ2) is 6.26. The molecular weight excluding hydrogens is 312 g/mol. The van der Waals surface area contributed by atoms with E-state index in [0.29, 0.717) is 22.2 Å². The predicted octanol–water partition coefficient (Wildman–Crippen LogP) is 3.87. The molecule has 0 atom stereocenters. The number of thiazole rings is 1. The lowest BCUT2D eigenvalue weighted by Gasteiger charge is -2.04. The molecule has 0 saturated heterocycles. The van der Waals surface area contributed by atoms with Crippen LogP contribution in [0.25, 0.3) is 10.2 Å². The highest BCUT2D eigenvalue weighted by Gasteiger charge is 2.14. The van der Waals surface area contributed by atoms with Crippen LogP contribution in [0.1, 0.15) is 15.9 Å². The Hall–Kier alpha value is -2.60. The number of aromatic nitrogens is 1. The second-order valence-corrected chi connectivity index (χ2v) is 5.97. The van der Waals surface area contributed by atoms with Crippen LogP contribution < -0.4 is 14.8 Å². The monoisotopic (exact) mass is 328 g/mol. The van der Waals surface area contributed by atoms with Crippen molar-refractivity contribution in [1.82, 2.24) is 4.98 Å². The number of hydrogen-bond acceptors (Lipinski definition) is 5. The van der Waals surface area contributed by atoms with Crippen LogP contribution in [0.5, 0.6) is 11.5 Å². The summed E-state index contributed by atoms with van der Waals surface area (Å²) in [7, 11) is 3.18. The predicted molar refractivity (Wildman–Crippen MR) is 91.9 cm³/mol. The molecule has 1 heterocycles. The Morgan fingerprint density at radius 2 is 2.00 bits per heavy atom. The number of ether oxygens (including phenoxy) is 2. The molecule has 1 aromatic heterocycles. The Bertz CT molecular complexity index is 873. The number of nitrogens with zero attached hydrogens (tertiary/aromatic N) is 1. The number of rotatable bonds is 4. The highest BCUT2D eigenvalue weighted by Crippen LogP contribution is 2.34. The molecule has 2 aromatic carbocycles. The SMILES string of the molecule is COc1cccc(C(=O)Nc2nc3c(OC)ccc(C)c3s2)c1. The van der Waals surface area contributed by atoms with Crippen LogP contribution in [0.2, 0.25) is 0 Å². The molecule has 0 radical (unpaired) electrons. The Labute approximate surface area is 137 Å². The number of hydrogen-bond donors (Lipinski definition) is 1. The lowest BCUT2D eigenvalue weighted by atomic mass is 10.2. The van der Waals surface area contributed by atoms with Gasteiger partial charge in [0.1, 0.15) is 17.0 Å². The standard InChI is InChI=1S/C17H16N2O3S/c1-10-7-8-13(22-3)14-15(10)23-17(18-14)19-16(20)11-5-4-6-12(9-11)21-2/h4-9H,1-3H3,(H,18,19,20). The van der Waals surface area contributed by atoms with Gasteiger partial charge in [0, 0.05) is 5.56 Å². The molecule has 5 nitrogen and oxygen atoms in total. The number of carbonyl (C=O) groups excluding carboxylic acids is 1. The van der Waals surface area contributed by atoms with Crippen molar-refractivity contribution in [2.24, 2.45) is 0 Å². The van der Waals surface area contributed by atoms with Crippen LogP contribution in [-0.4, -0.2) is 25.1 Å². The molecule has 6 heteroatoms. The van der Waals surface area contributed by atoms with E-state index in [9.17, 15) is 4.79 Å². The highest BCUT2D eigenvalue weighted by atomic mass is 32.1. The van der Waals surface area contributed by atoms with Crippen molar-refractivity contribution in [3.05, 3.63) is 47.5 Å². The molecule has 0 aliphatic heterocycles. The first kappa shape index (κ1) is 15.3. The number of aryl methyl sites for hydroxylation is 1. The molecule has 0 unspecified atom stereocenters. The fourth-order valence-corrected chi connectivity index (χ4v) is 3.21. The van der Waals surface area contributed by atoms with Gasteiger partial charge in [-0.05, 0) is 36.8 Å². The third-order valence-corrected chi connectivity index (χ3v) is 4.58. The van der Waals surface area contributed by atoms with Gasteiger partial charge in [-0.25, -0.2) is 4.98 Å². The smallest absolute Gasteiger partial charge is 0.257 e. The third kappa shape index (κ3) is 2.98. The van der Waals surface area contributed by atoms with Gasteiger partial charge in [0.15, 0.2) is 5.13 Å². The van der Waals surface area contributed by atoms with Gasteiger partial charge < -0.3 is 9.47 Å². The van der Waals surface area contributed by atoms with Crippen LogP contribution in [0.4, 0.5) is 5.13 Å². The van der Waals surface area contributed by atoms with Gasteiger partial charge in [-0.3, -0.25) is 10.1 Å². The number of anilines is 1. The normalized spacial score (nSPS) is 10.6. The lowest BCUT2D eigenvalue weighted by Crippen LogP contribution is -2.11. The molecule has 0 aliphatic carbocycles. The molecule has 0 fully saturated rings. The van der Waals surface area contributed by atoms with E-state index < -0.39 is 0 Å². The van der Waals surface area contributed by atoms with Gasteiger partial charge in [0.05, 0.1) is 18.9 Å². The molecule has 1 N–H and O–H groups in total. The Balaban J connectivity index is 1.92. The van der Waals surface area contributed by atoms with Gasteiger partial charge in [-0.1, -0.05) is 23.5 Å². The largest absolute Gasteiger partial charge is 0.497 e. The van der Waals surface area contributed by atoms with E-state index in [-0.39, 0.29) is 5.91 Å². The Morgan fingerprint density at radius 1 is 1.17 bits per heavy atom. The molecule has 3 rings (SSSR count). The summed E-state index contributed by atoms with van der Waals surface area (Å²) in [5.41, 5.74) is 2.38. The number of amides is 1. The summed E-state index contributed by atoms with van der Waals surface area (Å²) in [5.74, 6) is 1.11. The van der Waals surface area contributed by atoms with Crippen molar-refractivity contribution < 1.29 is 14.3 Å². The van der Waals surface area contributed by atoms with Crippen LogP contribution in [0, 0.1) is 6.92 Å². The second-order valence-electron chi connectivity index (χ2n) is 4.97. The van der Waals surface area contributed by atoms with Crippen molar-refractivity contribution in [1.29, 1.82) is 0 Å². The Kier molecular flexibility index (Phi) is 4.16. The van der Waals surface area contributed by atoms with E-state index in [1.54, 1.807) is 38.5 Å². The average Bonchev–Trinajstić information content (AvgIpc) is 3.00. The maximum atomic E-state index is 12.4. The topological polar surface area (TPSA) is 60.5 Å². The quantitative estimate of drug-likeness (QED) is 0.790. The van der Waals surface area contributed by atoms with Gasteiger partial charge in [-0.15, -0.1) is 0 Å². The fraction of sp³-hybridized carbons (Fsp3) is 0.176. The van der Waals surface area contributed by atoms with Crippen molar-refractivity contribution in [2.45, 2.75) is 6.92 Å². The van der Waals surface area contributed by atoms with Crippen LogP contribution in [-0.2, 0) is 0 Å². The zero-order chi connectivity index (χ0) is 16.4. The number of methoxy groups -OCH3 is 2. The Morgan fingerprint density at radius 3 is 2.74 bits per heavy atom. The van der Waals surface area contributed by atoms with Gasteiger partial charge in [-0.2, -0.15) is 0 Å². The minimum Gasteiger partial charge on any atom is -0.497 e. The van der Waals surface area contributed by atoms with Crippen molar-refractivity contribution in [2.75, 3.05) is 19.5 Å². The molecule has 0 spiro atoms. The van der Waals surface area contributed by atoms with Crippen LogP contribution in [0.3, 0.4) is 0 Å². The molecule has 0 saturated carbocycles. The first-order valence-corrected chi connectivity index (χ1v) is 7.83. The van der Waals surface area contributed by atoms with E-state index in [1.807, 2.05) is 19.1 Å². The first-order chi connectivity index (χ1) is 11.1. The molecule has 1 amide bonds. The lowest BCUT2D eigenvalue weighted by molar-refractivity contribution is 0.102. The number of benzene rings is 2. The molecule has 23 heavy (non-hydrogen) atoms. The van der Waals surface area contributed by atoms with E-state index >= 15 is 0 Å². The summed E-state index contributed by atoms with van der Waals surface area (Å²) in [4.78, 5) is 16.8. The molecule has 3 aromatic rings. The highest BCUT2D eigenvalue weighted by molar-refractivity contribution is 7.22. The summed E-state index contributed by atoms with van der Waals surface area (Å²) in [6, 6.07) is 10.9. The molecular formula is C17H16N2O3S. The maximum Gasteiger partial charge on any atom is 0.257 e. The van der Waals surface area contributed by atoms with E-state index in [2.05, 4.69) is 10.3 Å². The van der Waals surface area contributed by atoms with Gasteiger partial charge in [0.25, 0.3) is 5.91 Å². The maximum absolute atomic E-state index is 12.4. The average molecular weight is 328 g/mol. The fourth-order valence-electron chi connectivity index (χ4n) is 2.26. The van der Waals surface area contributed by atoms with Crippen LogP contribution >= 0.6 is 11.3 Å². The summed E-state index contributed by atoms with van der Waals surface area (Å²) >= 11 is 1.43. The third-order valence-electron chi connectivity index (χ3n) is 3.48.